The summed E-state index contributed by atoms with van der Waals surface area (Å²) in [5.74, 6) is 0. The van der Waals surface area contributed by atoms with Crippen molar-refractivity contribution in [2.24, 2.45) is 0 Å². The second kappa shape index (κ2) is 4.61. The molecule has 1 aromatic rings. The van der Waals surface area contributed by atoms with Crippen molar-refractivity contribution in [1.29, 1.82) is 0 Å². The van der Waals surface area contributed by atoms with Gasteiger partial charge in [0.25, 0.3) is 0 Å². The van der Waals surface area contributed by atoms with E-state index in [0.717, 1.165) is 6.61 Å². The van der Waals surface area contributed by atoms with E-state index < -0.39 is 0 Å². The van der Waals surface area contributed by atoms with E-state index >= 15 is 0 Å². The Morgan fingerprint density at radius 1 is 1.14 bits per heavy atom. The van der Waals surface area contributed by atoms with Gasteiger partial charge in [-0.15, -0.1) is 0 Å². The molecule has 0 unspecified atom stereocenters. The van der Waals surface area contributed by atoms with Gasteiger partial charge >= 0.3 is 0 Å². The summed E-state index contributed by atoms with van der Waals surface area (Å²) in [7, 11) is 0. The van der Waals surface area contributed by atoms with E-state index in [1.54, 1.807) is 0 Å². The average Bonchev–Trinajstić information content (AvgIpc) is 2.70. The number of hydrogen-bond donors (Lipinski definition) is 0. The highest BCUT2D eigenvalue weighted by Crippen LogP contribution is 2.22. The molecule has 0 aromatic heterocycles. The Morgan fingerprint density at radius 2 is 1.79 bits per heavy atom. The number of rotatable bonds is 3. The molecule has 0 amide bonds. The zero-order valence-electron chi connectivity index (χ0n) is 8.83. The van der Waals surface area contributed by atoms with Crippen molar-refractivity contribution in [2.45, 2.75) is 45.3 Å². The normalized spacial score (nSPS) is 17.5. The molecule has 0 saturated heterocycles. The van der Waals surface area contributed by atoms with Crippen LogP contribution in [0.2, 0.25) is 0 Å². The Labute approximate surface area is 86.1 Å². The summed E-state index contributed by atoms with van der Waals surface area (Å²) in [4.78, 5) is 0. The predicted molar refractivity (Wildman–Crippen MR) is 58.2 cm³/mol. The number of ether oxygens (including phenoxy) is 1. The van der Waals surface area contributed by atoms with Gasteiger partial charge in [0.1, 0.15) is 0 Å². The Balaban J connectivity index is 1.82. The van der Waals surface area contributed by atoms with Crippen molar-refractivity contribution < 1.29 is 4.74 Å². The molecule has 1 fully saturated rings. The van der Waals surface area contributed by atoms with Crippen LogP contribution in [0, 0.1) is 6.92 Å². The first kappa shape index (κ1) is 9.72. The summed E-state index contributed by atoms with van der Waals surface area (Å²) in [6.07, 6.45) is 5.73. The molecule has 1 nitrogen and oxygen atoms in total. The number of benzene rings is 1. The van der Waals surface area contributed by atoms with Gasteiger partial charge in [0.2, 0.25) is 0 Å². The summed E-state index contributed by atoms with van der Waals surface area (Å²) < 4.78 is 5.83. The third-order valence-corrected chi connectivity index (χ3v) is 2.91. The maximum atomic E-state index is 5.83. The molecule has 1 aliphatic carbocycles. The molecule has 14 heavy (non-hydrogen) atoms. The molecular formula is C13H18O. The summed E-state index contributed by atoms with van der Waals surface area (Å²) in [6, 6.07) is 8.61. The smallest absolute Gasteiger partial charge is 0.0720 e. The average molecular weight is 190 g/mol. The van der Waals surface area contributed by atoms with Crippen LogP contribution in [-0.4, -0.2) is 6.10 Å². The van der Waals surface area contributed by atoms with Gasteiger partial charge in [-0.1, -0.05) is 42.7 Å². The van der Waals surface area contributed by atoms with E-state index in [1.807, 2.05) is 0 Å². The molecule has 1 heteroatoms. The van der Waals surface area contributed by atoms with E-state index in [9.17, 15) is 0 Å². The van der Waals surface area contributed by atoms with Crippen molar-refractivity contribution in [2.75, 3.05) is 0 Å². The maximum Gasteiger partial charge on any atom is 0.0720 e. The van der Waals surface area contributed by atoms with Gasteiger partial charge in [0.15, 0.2) is 0 Å². The molecular weight excluding hydrogens is 172 g/mol. The van der Waals surface area contributed by atoms with Crippen molar-refractivity contribution in [1.82, 2.24) is 0 Å². The van der Waals surface area contributed by atoms with Crippen LogP contribution >= 0.6 is 0 Å². The van der Waals surface area contributed by atoms with Gasteiger partial charge < -0.3 is 4.74 Å². The summed E-state index contributed by atoms with van der Waals surface area (Å²) >= 11 is 0. The largest absolute Gasteiger partial charge is 0.374 e. The highest BCUT2D eigenvalue weighted by Gasteiger charge is 2.14. The van der Waals surface area contributed by atoms with Crippen LogP contribution in [-0.2, 0) is 11.3 Å². The predicted octanol–water partition coefficient (Wildman–Crippen LogP) is 3.45. The lowest BCUT2D eigenvalue weighted by Gasteiger charge is -2.10. The van der Waals surface area contributed by atoms with E-state index in [0.29, 0.717) is 6.10 Å². The quantitative estimate of drug-likeness (QED) is 0.709. The van der Waals surface area contributed by atoms with Crippen LogP contribution in [0.3, 0.4) is 0 Å². The monoisotopic (exact) mass is 190 g/mol. The third-order valence-electron chi connectivity index (χ3n) is 2.91. The topological polar surface area (TPSA) is 9.23 Å². The molecule has 0 radical (unpaired) electrons. The molecule has 0 bridgehead atoms. The van der Waals surface area contributed by atoms with Gasteiger partial charge in [0, 0.05) is 0 Å². The molecule has 1 aromatic carbocycles. The Bertz CT molecular complexity index is 270. The number of hydrogen-bond acceptors (Lipinski definition) is 1. The fourth-order valence-electron chi connectivity index (χ4n) is 1.95. The Morgan fingerprint density at radius 3 is 2.43 bits per heavy atom. The minimum Gasteiger partial charge on any atom is -0.374 e. The van der Waals surface area contributed by atoms with Crippen molar-refractivity contribution >= 4 is 0 Å². The first-order valence-electron chi connectivity index (χ1n) is 5.52. The lowest BCUT2D eigenvalue weighted by molar-refractivity contribution is 0.0457. The van der Waals surface area contributed by atoms with Gasteiger partial charge in [-0.2, -0.15) is 0 Å². The summed E-state index contributed by atoms with van der Waals surface area (Å²) in [6.45, 7) is 2.90. The molecule has 0 aliphatic heterocycles. The van der Waals surface area contributed by atoms with E-state index in [2.05, 4.69) is 31.2 Å². The first-order chi connectivity index (χ1) is 6.84. The Hall–Kier alpha value is -0.820. The molecule has 0 N–H and O–H groups in total. The molecule has 1 saturated carbocycles. The van der Waals surface area contributed by atoms with Crippen LogP contribution in [0.4, 0.5) is 0 Å². The second-order valence-corrected chi connectivity index (χ2v) is 4.20. The SMILES string of the molecule is Cc1ccc(COC2CCCC2)cc1. The lowest BCUT2D eigenvalue weighted by Crippen LogP contribution is -2.06. The second-order valence-electron chi connectivity index (χ2n) is 4.20. The lowest BCUT2D eigenvalue weighted by atomic mass is 10.2. The van der Waals surface area contributed by atoms with Crippen LogP contribution < -0.4 is 0 Å². The van der Waals surface area contributed by atoms with Crippen molar-refractivity contribution in [3.8, 4) is 0 Å². The van der Waals surface area contributed by atoms with E-state index in [-0.39, 0.29) is 0 Å². The van der Waals surface area contributed by atoms with Crippen LogP contribution in [0.15, 0.2) is 24.3 Å². The van der Waals surface area contributed by atoms with E-state index in [4.69, 9.17) is 4.74 Å². The fraction of sp³-hybridized carbons (Fsp3) is 0.538. The number of aryl methyl sites for hydroxylation is 1. The van der Waals surface area contributed by atoms with Gasteiger partial charge in [0.05, 0.1) is 12.7 Å². The van der Waals surface area contributed by atoms with Crippen molar-refractivity contribution in [3.05, 3.63) is 35.4 Å². The molecule has 76 valence electrons. The van der Waals surface area contributed by atoms with Crippen LogP contribution in [0.1, 0.15) is 36.8 Å². The zero-order chi connectivity index (χ0) is 9.80. The zero-order valence-corrected chi connectivity index (χ0v) is 8.83. The summed E-state index contributed by atoms with van der Waals surface area (Å²) in [5.41, 5.74) is 2.61. The molecule has 0 heterocycles. The minimum absolute atomic E-state index is 0.524. The highest BCUT2D eigenvalue weighted by atomic mass is 16.5. The van der Waals surface area contributed by atoms with Gasteiger partial charge in [-0.05, 0) is 25.3 Å². The van der Waals surface area contributed by atoms with Gasteiger partial charge in [-0.3, -0.25) is 0 Å². The molecule has 2 rings (SSSR count). The molecule has 1 aliphatic rings. The van der Waals surface area contributed by atoms with Crippen LogP contribution in [0.5, 0.6) is 0 Å². The van der Waals surface area contributed by atoms with Crippen molar-refractivity contribution in [3.63, 3.8) is 0 Å². The molecule has 0 spiro atoms. The first-order valence-corrected chi connectivity index (χ1v) is 5.52. The highest BCUT2D eigenvalue weighted by molar-refractivity contribution is 5.20. The van der Waals surface area contributed by atoms with E-state index in [1.165, 1.54) is 36.8 Å². The fourth-order valence-corrected chi connectivity index (χ4v) is 1.95. The minimum atomic E-state index is 0.524. The van der Waals surface area contributed by atoms with Gasteiger partial charge in [-0.25, -0.2) is 0 Å². The standard InChI is InChI=1S/C13H18O/c1-11-6-8-12(9-7-11)10-14-13-4-2-3-5-13/h6-9,13H,2-5,10H2,1H3. The summed E-state index contributed by atoms with van der Waals surface area (Å²) in [5, 5.41) is 0. The Kier molecular flexibility index (Phi) is 3.20. The molecule has 0 atom stereocenters. The maximum absolute atomic E-state index is 5.83. The third kappa shape index (κ3) is 2.58. The van der Waals surface area contributed by atoms with Crippen LogP contribution in [0.25, 0.3) is 0 Å².